The van der Waals surface area contributed by atoms with Crippen LogP contribution < -0.4 is 4.90 Å². The van der Waals surface area contributed by atoms with Crippen molar-refractivity contribution in [1.29, 1.82) is 0 Å². The van der Waals surface area contributed by atoms with Crippen molar-refractivity contribution >= 4 is 38.9 Å². The van der Waals surface area contributed by atoms with E-state index in [2.05, 4.69) is 132 Å². The first kappa shape index (κ1) is 27.5. The molecule has 0 fully saturated rings. The minimum absolute atomic E-state index is 0.0667. The molecule has 0 aliphatic heterocycles. The topological polar surface area (TPSA) is 8.17 Å². The van der Waals surface area contributed by atoms with Crippen molar-refractivity contribution in [3.8, 4) is 61.3 Å². The maximum absolute atomic E-state index is 9.11. The number of hydrogen-bond acceptors (Lipinski definition) is 1. The Morgan fingerprint density at radius 1 is 0.306 bits per heavy atom. The quantitative estimate of drug-likeness (QED) is 0.141. The first-order valence-corrected chi connectivity index (χ1v) is 20.4. The van der Waals surface area contributed by atoms with Crippen molar-refractivity contribution in [3.63, 3.8) is 0 Å². The lowest BCUT2D eigenvalue weighted by molar-refractivity contribution is 1.18. The average molecular weight is 801 g/mol. The Bertz CT molecular complexity index is 3870. The van der Waals surface area contributed by atoms with Gasteiger partial charge in [0.2, 0.25) is 0 Å². The van der Waals surface area contributed by atoms with Gasteiger partial charge in [0.1, 0.15) is 0 Å². The van der Waals surface area contributed by atoms with E-state index < -0.39 is 60.4 Å². The van der Waals surface area contributed by atoms with Crippen LogP contribution in [-0.4, -0.2) is 4.57 Å². The molecule has 11 aromatic rings. The Balaban J connectivity index is 1.03. The molecule has 0 atom stereocenters. The van der Waals surface area contributed by atoms with Gasteiger partial charge < -0.3 is 9.47 Å². The molecular formula is C60H42N2. The molecule has 0 aliphatic rings. The molecule has 62 heavy (non-hydrogen) atoms. The largest absolute Gasteiger partial charge is 0.310 e. The van der Waals surface area contributed by atoms with E-state index >= 15 is 0 Å². The minimum Gasteiger partial charge on any atom is -0.310 e. The Morgan fingerprint density at radius 3 is 1.44 bits per heavy atom. The number of nitrogens with zero attached hydrogens (tertiary/aromatic N) is 2. The molecule has 0 unspecified atom stereocenters. The Hall–Kier alpha value is -8.20. The minimum atomic E-state index is -0.545. The van der Waals surface area contributed by atoms with E-state index in [4.69, 9.17) is 13.7 Å². The van der Waals surface area contributed by atoms with E-state index in [1.807, 2.05) is 53.1 Å². The maximum atomic E-state index is 9.11. The molecule has 1 heterocycles. The molecular weight excluding hydrogens is 749 g/mol. The third-order valence-corrected chi connectivity index (χ3v) is 11.4. The fourth-order valence-electron chi connectivity index (χ4n) is 8.43. The summed E-state index contributed by atoms with van der Waals surface area (Å²) in [6, 6.07) is 60.4. The first-order valence-electron chi connectivity index (χ1n) is 25.4. The molecule has 2 heteroatoms. The summed E-state index contributed by atoms with van der Waals surface area (Å²) in [5, 5.41) is 1.84. The number of anilines is 3. The normalized spacial score (nSPS) is 13.5. The summed E-state index contributed by atoms with van der Waals surface area (Å²) in [5.41, 5.74) is 11.7. The summed E-state index contributed by atoms with van der Waals surface area (Å²) in [7, 11) is 0. The van der Waals surface area contributed by atoms with Gasteiger partial charge in [-0.15, -0.1) is 0 Å². The molecule has 0 spiro atoms. The molecule has 1 aromatic heterocycles. The van der Waals surface area contributed by atoms with Crippen LogP contribution in [0.3, 0.4) is 0 Å². The highest BCUT2D eigenvalue weighted by Gasteiger charge is 2.18. The second-order valence-corrected chi connectivity index (χ2v) is 15.0. The van der Waals surface area contributed by atoms with E-state index in [0.29, 0.717) is 5.69 Å². The summed E-state index contributed by atoms with van der Waals surface area (Å²) < 4.78 is 88.5. The lowest BCUT2D eigenvalue weighted by Crippen LogP contribution is -2.10. The van der Waals surface area contributed by atoms with Crippen LogP contribution in [0.5, 0.6) is 0 Å². The van der Waals surface area contributed by atoms with Crippen LogP contribution in [0.15, 0.2) is 255 Å². The lowest BCUT2D eigenvalue weighted by Gasteiger charge is -2.26. The number of para-hydroxylation sites is 2. The fourth-order valence-corrected chi connectivity index (χ4v) is 8.43. The van der Waals surface area contributed by atoms with Crippen molar-refractivity contribution in [1.82, 2.24) is 4.57 Å². The maximum Gasteiger partial charge on any atom is 0.0629 e. The molecule has 0 aliphatic carbocycles. The van der Waals surface area contributed by atoms with Gasteiger partial charge in [-0.1, -0.05) is 194 Å². The van der Waals surface area contributed by atoms with Gasteiger partial charge >= 0.3 is 0 Å². The number of aromatic nitrogens is 1. The number of benzene rings is 10. The predicted octanol–water partition coefficient (Wildman–Crippen LogP) is 16.6. The smallest absolute Gasteiger partial charge is 0.0629 e. The monoisotopic (exact) mass is 800 g/mol. The number of rotatable bonds is 9. The van der Waals surface area contributed by atoms with Gasteiger partial charge in [0.05, 0.1) is 30.4 Å². The van der Waals surface area contributed by atoms with Gasteiger partial charge in [-0.05, 0) is 111 Å². The lowest BCUT2D eigenvalue weighted by atomic mass is 9.97. The van der Waals surface area contributed by atoms with Crippen LogP contribution in [0.25, 0.3) is 83.1 Å². The summed E-state index contributed by atoms with van der Waals surface area (Å²) >= 11 is 0. The van der Waals surface area contributed by atoms with E-state index in [0.717, 1.165) is 72.2 Å². The Kier molecular flexibility index (Phi) is 7.15. The van der Waals surface area contributed by atoms with E-state index in [1.165, 1.54) is 0 Å². The molecule has 10 aromatic carbocycles. The number of fused-ring (bicyclic) bond motifs is 3. The third kappa shape index (κ3) is 6.94. The van der Waals surface area contributed by atoms with E-state index in [9.17, 15) is 0 Å². The molecule has 2 nitrogen and oxygen atoms in total. The SMILES string of the molecule is [2H]c1c([2H])c([2H])c(-c2ccc(-n3c4ccccc4c4ccc(-c5ccc(-c6cccc(N(c7ccccc7)c7cccc(-c8ccccc8)c7)c6)cc5)cc43)c(-c3c([2H])c([2H])c([2H])c([2H])c3[2H])c2)c([2H])c1[2H]. The van der Waals surface area contributed by atoms with Crippen molar-refractivity contribution in [2.45, 2.75) is 0 Å². The summed E-state index contributed by atoms with van der Waals surface area (Å²) in [4.78, 5) is 2.27. The van der Waals surface area contributed by atoms with Crippen molar-refractivity contribution < 1.29 is 13.7 Å². The van der Waals surface area contributed by atoms with Gasteiger partial charge in [0.25, 0.3) is 0 Å². The standard InChI is InChI=1S/C60H42N2/c1-5-17-43(18-6-1)48-23-15-27-53(39-48)61(52-25-11-4-12-26-52)54-28-16-24-49(40-54)45-31-33-46(34-32-45)51-35-37-56-55-29-13-14-30-58(55)62(60(56)42-51)59-38-36-50(44-19-7-2-8-20-44)41-57(59)47-21-9-3-10-22-47/h1-42H/i2D,3D,7D,8D,9D,10D,19D,20D,21D,22D. The van der Waals surface area contributed by atoms with Crippen molar-refractivity contribution in [2.75, 3.05) is 4.90 Å². The first-order chi connectivity index (χ1) is 34.9. The molecule has 0 amide bonds. The van der Waals surface area contributed by atoms with Crippen LogP contribution in [0.4, 0.5) is 17.1 Å². The molecule has 0 saturated heterocycles. The van der Waals surface area contributed by atoms with Crippen LogP contribution in [0.2, 0.25) is 0 Å². The van der Waals surface area contributed by atoms with Crippen LogP contribution in [0.1, 0.15) is 13.7 Å². The van der Waals surface area contributed by atoms with Crippen LogP contribution >= 0.6 is 0 Å². The van der Waals surface area contributed by atoms with Crippen LogP contribution in [-0.2, 0) is 0 Å². The molecule has 292 valence electrons. The van der Waals surface area contributed by atoms with Crippen molar-refractivity contribution in [2.24, 2.45) is 0 Å². The second kappa shape index (κ2) is 16.1. The molecule has 0 N–H and O–H groups in total. The second-order valence-electron chi connectivity index (χ2n) is 15.0. The highest BCUT2D eigenvalue weighted by atomic mass is 15.1. The zero-order chi connectivity index (χ0) is 49.9. The molecule has 0 bridgehead atoms. The number of hydrogen-bond donors (Lipinski definition) is 0. The van der Waals surface area contributed by atoms with Gasteiger partial charge in [-0.25, -0.2) is 0 Å². The van der Waals surface area contributed by atoms with Gasteiger partial charge in [-0.3, -0.25) is 0 Å². The Labute approximate surface area is 376 Å². The van der Waals surface area contributed by atoms with E-state index in [1.54, 1.807) is 18.2 Å². The summed E-state index contributed by atoms with van der Waals surface area (Å²) in [5.74, 6) is 0. The molecule has 11 rings (SSSR count). The third-order valence-electron chi connectivity index (χ3n) is 11.4. The predicted molar refractivity (Wildman–Crippen MR) is 263 cm³/mol. The highest BCUT2D eigenvalue weighted by Crippen LogP contribution is 2.41. The summed E-state index contributed by atoms with van der Waals surface area (Å²) in [6.07, 6.45) is 0. The molecule has 0 radical (unpaired) electrons. The van der Waals surface area contributed by atoms with Gasteiger partial charge in [-0.2, -0.15) is 0 Å². The van der Waals surface area contributed by atoms with E-state index in [-0.39, 0.29) is 22.3 Å². The molecule has 0 saturated carbocycles. The van der Waals surface area contributed by atoms with Crippen LogP contribution in [0, 0.1) is 0 Å². The summed E-state index contributed by atoms with van der Waals surface area (Å²) in [6.45, 7) is 0. The zero-order valence-electron chi connectivity index (χ0n) is 43.4. The van der Waals surface area contributed by atoms with Gasteiger partial charge in [0, 0.05) is 33.4 Å². The zero-order valence-corrected chi connectivity index (χ0v) is 33.4. The highest BCUT2D eigenvalue weighted by molar-refractivity contribution is 6.11. The van der Waals surface area contributed by atoms with Gasteiger partial charge in [0.15, 0.2) is 0 Å². The Morgan fingerprint density at radius 2 is 0.774 bits per heavy atom. The fraction of sp³-hybridized carbons (Fsp3) is 0. The average Bonchev–Trinajstić information content (AvgIpc) is 3.75. The van der Waals surface area contributed by atoms with Crippen molar-refractivity contribution in [3.05, 3.63) is 255 Å².